The van der Waals surface area contributed by atoms with Crippen LogP contribution < -0.4 is 11.5 Å². The minimum Gasteiger partial charge on any atom is -0.463 e. The van der Waals surface area contributed by atoms with Gasteiger partial charge in [-0.3, -0.25) is 4.57 Å². The number of fused-ring (bicyclic) bond motifs is 1. The molecule has 1 aromatic rings. The smallest absolute Gasteiger partial charge is 0.205 e. The molecule has 10 heteroatoms. The van der Waals surface area contributed by atoms with Gasteiger partial charge in [-0.05, 0) is 12.1 Å². The number of hydrogen-bond donors (Lipinski definition) is 4. The van der Waals surface area contributed by atoms with Gasteiger partial charge in [-0.2, -0.15) is 4.98 Å². The van der Waals surface area contributed by atoms with E-state index in [2.05, 4.69) is 15.2 Å². The highest BCUT2D eigenvalue weighted by Gasteiger charge is 2.38. The van der Waals surface area contributed by atoms with Crippen LogP contribution in [0.2, 0.25) is 0 Å². The maximum atomic E-state index is 9.96. The predicted octanol–water partition coefficient (Wildman–Crippen LogP) is -0.157. The number of aliphatic hydroxyl groups excluding tert-OH is 2. The number of hydrogen-bond acceptors (Lipinski definition) is 9. The molecule has 1 aromatic heterocycles. The normalized spacial score (nSPS) is 24.0. The molecular weight excluding hydrogens is 316 g/mol. The van der Waals surface area contributed by atoms with E-state index >= 15 is 0 Å². The van der Waals surface area contributed by atoms with Crippen molar-refractivity contribution < 1.29 is 19.4 Å². The molecule has 6 N–H and O–H groups in total. The third-order valence-corrected chi connectivity index (χ3v) is 4.10. The van der Waals surface area contributed by atoms with Crippen LogP contribution in [0.3, 0.4) is 0 Å². The number of rotatable bonds is 3. The summed E-state index contributed by atoms with van der Waals surface area (Å²) >= 11 is 0. The zero-order valence-corrected chi connectivity index (χ0v) is 12.5. The summed E-state index contributed by atoms with van der Waals surface area (Å²) in [4.78, 5) is 4.14. The first-order chi connectivity index (χ1) is 11.6. The minimum atomic E-state index is -0.813. The van der Waals surface area contributed by atoms with E-state index < -0.39 is 18.4 Å². The van der Waals surface area contributed by atoms with Crippen LogP contribution in [0.25, 0.3) is 22.8 Å². The molecular formula is C14H16N6O4. The summed E-state index contributed by atoms with van der Waals surface area (Å²) in [6, 6.07) is 3.47. The van der Waals surface area contributed by atoms with Crippen molar-refractivity contribution in [1.82, 2.24) is 19.7 Å². The Hall–Kier alpha value is -2.69. The second kappa shape index (κ2) is 5.44. The van der Waals surface area contributed by atoms with Crippen LogP contribution in [0.15, 0.2) is 22.8 Å². The zero-order chi connectivity index (χ0) is 16.8. The average molecular weight is 332 g/mol. The van der Waals surface area contributed by atoms with Crippen LogP contribution in [0.4, 0.5) is 11.8 Å². The number of nitrogens with zero attached hydrogens (tertiary/aromatic N) is 4. The molecule has 3 aliphatic rings. The van der Waals surface area contributed by atoms with Crippen molar-refractivity contribution in [3.05, 3.63) is 18.4 Å². The molecule has 24 heavy (non-hydrogen) atoms. The Morgan fingerprint density at radius 3 is 2.83 bits per heavy atom. The Kier molecular flexibility index (Phi) is 3.37. The van der Waals surface area contributed by atoms with E-state index in [0.717, 1.165) is 0 Å². The summed E-state index contributed by atoms with van der Waals surface area (Å²) in [6.45, 7) is -0.298. The van der Waals surface area contributed by atoms with Crippen molar-refractivity contribution in [2.24, 2.45) is 0 Å². The maximum Gasteiger partial charge on any atom is 0.205 e. The predicted molar refractivity (Wildman–Crippen MR) is 82.6 cm³/mol. The van der Waals surface area contributed by atoms with Gasteiger partial charge in [0.1, 0.15) is 23.8 Å². The first-order valence-corrected chi connectivity index (χ1v) is 7.38. The van der Waals surface area contributed by atoms with Crippen molar-refractivity contribution in [2.45, 2.75) is 24.9 Å². The number of nitrogens with two attached hydrogens (primary N) is 2. The van der Waals surface area contributed by atoms with E-state index in [1.807, 2.05) is 0 Å². The van der Waals surface area contributed by atoms with Crippen LogP contribution in [-0.4, -0.2) is 48.8 Å². The van der Waals surface area contributed by atoms with Gasteiger partial charge in [0.15, 0.2) is 11.6 Å². The minimum absolute atomic E-state index is 0.0849. The van der Waals surface area contributed by atoms with Crippen molar-refractivity contribution in [2.75, 3.05) is 18.1 Å². The number of anilines is 2. The fourth-order valence-electron chi connectivity index (χ4n) is 2.96. The van der Waals surface area contributed by atoms with Crippen LogP contribution in [0.5, 0.6) is 0 Å². The lowest BCUT2D eigenvalue weighted by molar-refractivity contribution is -0.0436. The molecule has 3 atom stereocenters. The highest BCUT2D eigenvalue weighted by molar-refractivity contribution is 5.84. The molecule has 3 aliphatic heterocycles. The van der Waals surface area contributed by atoms with E-state index in [1.54, 1.807) is 12.1 Å². The second-order valence-corrected chi connectivity index (χ2v) is 5.56. The maximum absolute atomic E-state index is 9.96. The Bertz CT molecular complexity index is 832. The first kappa shape index (κ1) is 14.9. The third-order valence-electron chi connectivity index (χ3n) is 4.10. The van der Waals surface area contributed by atoms with Gasteiger partial charge in [-0.1, -0.05) is 0 Å². The fraction of sp³-hybridized carbons (Fsp3) is 0.357. The number of aliphatic hydroxyl groups is 2. The summed E-state index contributed by atoms with van der Waals surface area (Å²) in [7, 11) is 0. The summed E-state index contributed by atoms with van der Waals surface area (Å²) < 4.78 is 12.5. The lowest BCUT2D eigenvalue weighted by atomic mass is 10.1. The van der Waals surface area contributed by atoms with Crippen LogP contribution in [0, 0.1) is 0 Å². The van der Waals surface area contributed by atoms with E-state index in [0.29, 0.717) is 22.8 Å². The van der Waals surface area contributed by atoms with E-state index in [9.17, 15) is 10.2 Å². The molecule has 0 amide bonds. The van der Waals surface area contributed by atoms with Crippen LogP contribution >= 0.6 is 0 Å². The fourth-order valence-corrected chi connectivity index (χ4v) is 2.96. The number of aromatic nitrogens is 4. The van der Waals surface area contributed by atoms with Crippen molar-refractivity contribution in [3.8, 4) is 22.8 Å². The standard InChI is InChI=1S/C14H16N6O4/c15-12-10-11(7-2-1-3-23-7)18-19-13(10)20(14(16)17-12)9-4-6(22)8(5-21)24-9/h1-3,6,8-9,21-22H,4-5,15H2,(H2,16,17). The quantitative estimate of drug-likeness (QED) is 0.511. The van der Waals surface area contributed by atoms with Gasteiger partial charge in [-0.25, -0.2) is 0 Å². The number of furan rings is 1. The van der Waals surface area contributed by atoms with E-state index in [-0.39, 0.29) is 24.8 Å². The average Bonchev–Trinajstić information content (AvgIpc) is 3.25. The number of ether oxygens (including phenoxy) is 1. The van der Waals surface area contributed by atoms with Crippen LogP contribution in [0.1, 0.15) is 12.6 Å². The topological polar surface area (TPSA) is 158 Å². The molecule has 0 bridgehead atoms. The van der Waals surface area contributed by atoms with Gasteiger partial charge in [0.25, 0.3) is 0 Å². The Morgan fingerprint density at radius 2 is 2.17 bits per heavy atom. The lowest BCUT2D eigenvalue weighted by Crippen LogP contribution is -2.24. The van der Waals surface area contributed by atoms with E-state index in [4.69, 9.17) is 20.6 Å². The monoisotopic (exact) mass is 332 g/mol. The Labute approximate surface area is 136 Å². The van der Waals surface area contributed by atoms with Crippen LogP contribution in [-0.2, 0) is 4.74 Å². The van der Waals surface area contributed by atoms with Gasteiger partial charge < -0.3 is 30.8 Å². The van der Waals surface area contributed by atoms with Crippen molar-refractivity contribution in [1.29, 1.82) is 0 Å². The summed E-state index contributed by atoms with van der Waals surface area (Å²) in [5, 5.41) is 27.5. The molecule has 0 aliphatic carbocycles. The molecule has 0 aromatic carbocycles. The molecule has 3 unspecified atom stereocenters. The van der Waals surface area contributed by atoms with Gasteiger partial charge in [-0.15, -0.1) is 10.2 Å². The largest absolute Gasteiger partial charge is 0.463 e. The Balaban J connectivity index is 1.83. The highest BCUT2D eigenvalue weighted by atomic mass is 16.5. The molecule has 4 heterocycles. The molecule has 1 fully saturated rings. The first-order valence-electron chi connectivity index (χ1n) is 7.38. The molecule has 1 saturated heterocycles. The SMILES string of the molecule is Nc1nc(N)n(C2CC(O)C(CO)O2)c2nnc(-c3ccco3)c1-2. The molecule has 0 saturated carbocycles. The number of nitrogen functional groups attached to an aromatic ring is 2. The van der Waals surface area contributed by atoms with Gasteiger partial charge in [0.2, 0.25) is 5.95 Å². The van der Waals surface area contributed by atoms with Gasteiger partial charge in [0, 0.05) is 6.42 Å². The molecule has 0 spiro atoms. The van der Waals surface area contributed by atoms with E-state index in [1.165, 1.54) is 10.8 Å². The van der Waals surface area contributed by atoms with Gasteiger partial charge >= 0.3 is 0 Å². The molecule has 10 nitrogen and oxygen atoms in total. The summed E-state index contributed by atoms with van der Waals surface area (Å²) in [5.74, 6) is 1.14. The molecule has 4 rings (SSSR count). The summed E-state index contributed by atoms with van der Waals surface area (Å²) in [6.07, 6.45) is -0.376. The Morgan fingerprint density at radius 1 is 1.33 bits per heavy atom. The lowest BCUT2D eigenvalue weighted by Gasteiger charge is -2.20. The molecule has 126 valence electrons. The van der Waals surface area contributed by atoms with Crippen molar-refractivity contribution >= 4 is 11.8 Å². The molecule has 0 radical (unpaired) electrons. The third kappa shape index (κ3) is 2.12. The summed E-state index contributed by atoms with van der Waals surface area (Å²) in [5.41, 5.74) is 12.9. The zero-order valence-electron chi connectivity index (χ0n) is 12.5. The second-order valence-electron chi connectivity index (χ2n) is 5.56. The highest BCUT2D eigenvalue weighted by Crippen LogP contribution is 2.40. The van der Waals surface area contributed by atoms with Crippen molar-refractivity contribution in [3.63, 3.8) is 0 Å². The van der Waals surface area contributed by atoms with Gasteiger partial charge in [0.05, 0.1) is 24.5 Å².